The highest BCUT2D eigenvalue weighted by molar-refractivity contribution is 7.25. The largest absolute Gasteiger partial charge is 0.330 e. The summed E-state index contributed by atoms with van der Waals surface area (Å²) in [5, 5.41) is 0.193. The predicted molar refractivity (Wildman–Crippen MR) is 40.5 cm³/mol. The Hall–Kier alpha value is 0.100. The van der Waals surface area contributed by atoms with E-state index in [1.165, 1.54) is 32.1 Å². The molecule has 0 aliphatic heterocycles. The van der Waals surface area contributed by atoms with Crippen LogP contribution >= 0.6 is 8.46 Å². The quantitative estimate of drug-likeness (QED) is 0.518. The minimum Gasteiger partial charge on any atom is -0.0768 e. The molecule has 1 aliphatic rings. The zero-order valence-corrected chi connectivity index (χ0v) is 6.94. The lowest BCUT2D eigenvalue weighted by Gasteiger charge is -2.19. The second-order valence-electron chi connectivity index (χ2n) is 3.22. The van der Waals surface area contributed by atoms with Crippen LogP contribution in [0, 0.1) is 0 Å². The van der Waals surface area contributed by atoms with Gasteiger partial charge in [0.05, 0.1) is 0 Å². The van der Waals surface area contributed by atoms with E-state index in [1.807, 2.05) is 0 Å². The molecule has 52 valence electrons. The van der Waals surface area contributed by atoms with Gasteiger partial charge in [-0.3, -0.25) is 0 Å². The maximum Gasteiger partial charge on any atom is 0.330 e. The normalized spacial score (nSPS) is 26.3. The molecule has 0 bridgehead atoms. The minimum absolute atomic E-state index is 0.0901. The molecular formula is C7H14OP+. The molecule has 0 saturated heterocycles. The van der Waals surface area contributed by atoms with Gasteiger partial charge >= 0.3 is 8.46 Å². The fourth-order valence-electron chi connectivity index (χ4n) is 1.43. The van der Waals surface area contributed by atoms with E-state index in [0.29, 0.717) is 0 Å². The molecule has 1 fully saturated rings. The topological polar surface area (TPSA) is 17.1 Å². The Kier molecular flexibility index (Phi) is 2.23. The van der Waals surface area contributed by atoms with Crippen LogP contribution in [0.4, 0.5) is 0 Å². The van der Waals surface area contributed by atoms with Gasteiger partial charge in [0.25, 0.3) is 0 Å². The molecule has 0 N–H and O–H groups in total. The number of rotatable bonds is 1. The summed E-state index contributed by atoms with van der Waals surface area (Å²) >= 11 is 0. The Morgan fingerprint density at radius 2 is 1.78 bits per heavy atom. The fourth-order valence-corrected chi connectivity index (χ4v) is 1.99. The molecule has 0 aromatic rings. The molecule has 1 rings (SSSR count). The predicted octanol–water partition coefficient (Wildman–Crippen LogP) is 2.73. The van der Waals surface area contributed by atoms with Gasteiger partial charge in [-0.25, -0.2) is 0 Å². The van der Waals surface area contributed by atoms with Gasteiger partial charge in [-0.05, 0) is 32.6 Å². The molecule has 9 heavy (non-hydrogen) atoms. The van der Waals surface area contributed by atoms with Crippen LogP contribution in [0.1, 0.15) is 39.0 Å². The van der Waals surface area contributed by atoms with Crippen molar-refractivity contribution in [3.05, 3.63) is 0 Å². The molecule has 0 amide bonds. The lowest BCUT2D eigenvalue weighted by molar-refractivity contribution is 0.407. The van der Waals surface area contributed by atoms with Crippen molar-refractivity contribution in [1.29, 1.82) is 0 Å². The van der Waals surface area contributed by atoms with Gasteiger partial charge in [0.1, 0.15) is 0 Å². The number of hydrogen-bond donors (Lipinski definition) is 0. The Balaban J connectivity index is 2.46. The molecule has 1 aliphatic carbocycles. The zero-order valence-electron chi connectivity index (χ0n) is 5.94. The van der Waals surface area contributed by atoms with Gasteiger partial charge in [-0.2, -0.15) is 0 Å². The second kappa shape index (κ2) is 2.79. The van der Waals surface area contributed by atoms with E-state index in [1.54, 1.807) is 0 Å². The van der Waals surface area contributed by atoms with E-state index in [2.05, 4.69) is 6.92 Å². The van der Waals surface area contributed by atoms with Crippen LogP contribution in [-0.2, 0) is 4.57 Å². The summed E-state index contributed by atoms with van der Waals surface area (Å²) in [4.78, 5) is 0. The summed E-state index contributed by atoms with van der Waals surface area (Å²) in [7, 11) is -0.0901. The van der Waals surface area contributed by atoms with Gasteiger partial charge in [-0.1, -0.05) is 11.0 Å². The molecule has 1 nitrogen and oxygen atoms in total. The summed E-state index contributed by atoms with van der Waals surface area (Å²) in [6.45, 7) is 2.14. The first kappa shape index (κ1) is 7.21. The van der Waals surface area contributed by atoms with Gasteiger partial charge in [0.2, 0.25) is 0 Å². The van der Waals surface area contributed by atoms with Crippen molar-refractivity contribution in [3.8, 4) is 0 Å². The van der Waals surface area contributed by atoms with Crippen LogP contribution in [-0.4, -0.2) is 5.16 Å². The van der Waals surface area contributed by atoms with Crippen LogP contribution in [0.3, 0.4) is 0 Å². The Bertz CT molecular complexity index is 105. The third-order valence-electron chi connectivity index (χ3n) is 2.20. The molecule has 0 radical (unpaired) electrons. The summed E-state index contributed by atoms with van der Waals surface area (Å²) < 4.78 is 10.6. The summed E-state index contributed by atoms with van der Waals surface area (Å²) in [5.41, 5.74) is 0. The molecule has 0 heterocycles. The SMILES string of the molecule is CC1([PH+]=O)CCCCC1. The van der Waals surface area contributed by atoms with Crippen LogP contribution in [0.2, 0.25) is 0 Å². The van der Waals surface area contributed by atoms with E-state index in [0.717, 1.165) is 0 Å². The fraction of sp³-hybridized carbons (Fsp3) is 1.00. The smallest absolute Gasteiger partial charge is 0.0768 e. The number of hydrogen-bond acceptors (Lipinski definition) is 1. The van der Waals surface area contributed by atoms with Crippen molar-refractivity contribution >= 4 is 8.46 Å². The molecule has 1 atom stereocenters. The lowest BCUT2D eigenvalue weighted by Crippen LogP contribution is -2.19. The van der Waals surface area contributed by atoms with Crippen molar-refractivity contribution in [2.75, 3.05) is 0 Å². The average molecular weight is 145 g/mol. The molecule has 0 spiro atoms. The summed E-state index contributed by atoms with van der Waals surface area (Å²) in [6, 6.07) is 0. The minimum atomic E-state index is -0.0901. The molecular weight excluding hydrogens is 131 g/mol. The standard InChI is InChI=1S/C7H13OP/c1-7(9-8)5-3-2-4-6-7/h2-6H2,1H3/p+1. The third kappa shape index (κ3) is 1.76. The van der Waals surface area contributed by atoms with Gasteiger partial charge in [0, 0.05) is 0 Å². The van der Waals surface area contributed by atoms with Gasteiger partial charge < -0.3 is 0 Å². The van der Waals surface area contributed by atoms with Crippen molar-refractivity contribution < 1.29 is 4.57 Å². The average Bonchev–Trinajstić information content (AvgIpc) is 1.90. The van der Waals surface area contributed by atoms with Crippen LogP contribution in [0.25, 0.3) is 0 Å². The highest BCUT2D eigenvalue weighted by Gasteiger charge is 2.34. The van der Waals surface area contributed by atoms with Gasteiger partial charge in [0.15, 0.2) is 5.16 Å². The van der Waals surface area contributed by atoms with Gasteiger partial charge in [-0.15, -0.1) is 0 Å². The third-order valence-corrected chi connectivity index (χ3v) is 3.20. The summed E-state index contributed by atoms with van der Waals surface area (Å²) in [5.74, 6) is 0. The van der Waals surface area contributed by atoms with Crippen LogP contribution in [0.15, 0.2) is 0 Å². The maximum absolute atomic E-state index is 10.6. The van der Waals surface area contributed by atoms with Crippen molar-refractivity contribution in [2.24, 2.45) is 0 Å². The first-order valence-electron chi connectivity index (χ1n) is 3.66. The van der Waals surface area contributed by atoms with Crippen molar-refractivity contribution in [2.45, 2.75) is 44.2 Å². The van der Waals surface area contributed by atoms with E-state index in [-0.39, 0.29) is 13.6 Å². The van der Waals surface area contributed by atoms with Crippen molar-refractivity contribution in [3.63, 3.8) is 0 Å². The first-order valence-corrected chi connectivity index (χ1v) is 4.57. The highest BCUT2D eigenvalue weighted by Crippen LogP contribution is 2.37. The Morgan fingerprint density at radius 3 is 2.11 bits per heavy atom. The molecule has 1 saturated carbocycles. The molecule has 1 unspecified atom stereocenters. The van der Waals surface area contributed by atoms with E-state index >= 15 is 0 Å². The lowest BCUT2D eigenvalue weighted by atomic mass is 9.90. The maximum atomic E-state index is 10.6. The van der Waals surface area contributed by atoms with E-state index in [4.69, 9.17) is 0 Å². The monoisotopic (exact) mass is 145 g/mol. The van der Waals surface area contributed by atoms with E-state index < -0.39 is 0 Å². The van der Waals surface area contributed by atoms with Crippen LogP contribution < -0.4 is 0 Å². The molecule has 0 aromatic heterocycles. The highest BCUT2D eigenvalue weighted by atomic mass is 31.1. The Morgan fingerprint density at radius 1 is 1.22 bits per heavy atom. The molecule has 0 aromatic carbocycles. The second-order valence-corrected chi connectivity index (χ2v) is 4.63. The van der Waals surface area contributed by atoms with Crippen LogP contribution in [0.5, 0.6) is 0 Å². The van der Waals surface area contributed by atoms with E-state index in [9.17, 15) is 4.57 Å². The first-order chi connectivity index (χ1) is 4.27. The Labute approximate surface area is 58.0 Å². The molecule has 2 heteroatoms. The van der Waals surface area contributed by atoms with Crippen molar-refractivity contribution in [1.82, 2.24) is 0 Å². The summed E-state index contributed by atoms with van der Waals surface area (Å²) in [6.07, 6.45) is 6.27. The zero-order chi connectivity index (χ0) is 6.74.